The molecule has 0 heterocycles. The summed E-state index contributed by atoms with van der Waals surface area (Å²) in [5.74, 6) is -0.293. The van der Waals surface area contributed by atoms with E-state index < -0.39 is 10.8 Å². The third kappa shape index (κ3) is 3.96. The van der Waals surface area contributed by atoms with E-state index >= 15 is 0 Å². The van der Waals surface area contributed by atoms with Crippen LogP contribution in [-0.2, 0) is 4.79 Å². The molecule has 0 bridgehead atoms. The minimum absolute atomic E-state index is 0.164. The Morgan fingerprint density at radius 1 is 1.29 bits per heavy atom. The standard InChI is InChI=1S/C17H13N3O4/c1-24-16-8-7-15(20(22)23)10-12(16)9-13(11-18)17(21)19-14-5-3-2-4-6-14/h2-10H,1H3,(H,19,21)/b13-9+. The van der Waals surface area contributed by atoms with Gasteiger partial charge in [-0.2, -0.15) is 5.26 Å². The van der Waals surface area contributed by atoms with Crippen LogP contribution in [0.15, 0.2) is 54.1 Å². The molecule has 1 N–H and O–H groups in total. The van der Waals surface area contributed by atoms with E-state index in [1.165, 1.54) is 31.4 Å². The Morgan fingerprint density at radius 3 is 2.58 bits per heavy atom. The number of hydrogen-bond donors (Lipinski definition) is 1. The Kier molecular flexibility index (Phi) is 5.26. The van der Waals surface area contributed by atoms with Gasteiger partial charge in [-0.25, -0.2) is 0 Å². The maximum atomic E-state index is 12.2. The third-order valence-electron chi connectivity index (χ3n) is 3.12. The molecular formula is C17H13N3O4. The maximum absolute atomic E-state index is 12.2. The summed E-state index contributed by atoms with van der Waals surface area (Å²) >= 11 is 0. The minimum atomic E-state index is -0.614. The number of rotatable bonds is 5. The van der Waals surface area contributed by atoms with Gasteiger partial charge in [0.1, 0.15) is 17.4 Å². The normalized spacial score (nSPS) is 10.6. The molecule has 0 fully saturated rings. The molecular weight excluding hydrogens is 310 g/mol. The van der Waals surface area contributed by atoms with Crippen LogP contribution < -0.4 is 10.1 Å². The quantitative estimate of drug-likeness (QED) is 0.394. The molecule has 24 heavy (non-hydrogen) atoms. The van der Waals surface area contributed by atoms with E-state index in [4.69, 9.17) is 4.74 Å². The zero-order chi connectivity index (χ0) is 17.5. The minimum Gasteiger partial charge on any atom is -0.496 e. The number of non-ortho nitro benzene ring substituents is 1. The molecule has 2 rings (SSSR count). The smallest absolute Gasteiger partial charge is 0.270 e. The molecule has 0 aliphatic carbocycles. The highest BCUT2D eigenvalue weighted by molar-refractivity contribution is 6.09. The van der Waals surface area contributed by atoms with Gasteiger partial charge in [0.05, 0.1) is 12.0 Å². The topological polar surface area (TPSA) is 105 Å². The van der Waals surface area contributed by atoms with E-state index in [9.17, 15) is 20.2 Å². The summed E-state index contributed by atoms with van der Waals surface area (Å²) < 4.78 is 5.12. The fourth-order valence-corrected chi connectivity index (χ4v) is 1.97. The molecule has 7 heteroatoms. The highest BCUT2D eigenvalue weighted by atomic mass is 16.6. The van der Waals surface area contributed by atoms with E-state index in [0.717, 1.165) is 0 Å². The van der Waals surface area contributed by atoms with Crippen LogP contribution in [0.4, 0.5) is 11.4 Å². The van der Waals surface area contributed by atoms with Gasteiger partial charge in [0.15, 0.2) is 0 Å². The van der Waals surface area contributed by atoms with Crippen LogP contribution in [0.5, 0.6) is 5.75 Å². The van der Waals surface area contributed by atoms with Gasteiger partial charge in [-0.05, 0) is 24.3 Å². The summed E-state index contributed by atoms with van der Waals surface area (Å²) in [5, 5.41) is 22.7. The molecule has 1 amide bonds. The van der Waals surface area contributed by atoms with E-state index in [1.54, 1.807) is 36.4 Å². The summed E-state index contributed by atoms with van der Waals surface area (Å²) in [6.45, 7) is 0. The van der Waals surface area contributed by atoms with Crippen LogP contribution in [0.3, 0.4) is 0 Å². The number of nitriles is 1. The predicted molar refractivity (Wildman–Crippen MR) is 88.3 cm³/mol. The first-order valence-corrected chi connectivity index (χ1v) is 6.85. The van der Waals surface area contributed by atoms with E-state index in [0.29, 0.717) is 11.4 Å². The molecule has 0 unspecified atom stereocenters. The summed E-state index contributed by atoms with van der Waals surface area (Å²) in [5.41, 5.74) is 0.446. The first-order valence-electron chi connectivity index (χ1n) is 6.85. The van der Waals surface area contributed by atoms with Gasteiger partial charge >= 0.3 is 0 Å². The molecule has 2 aromatic rings. The highest BCUT2D eigenvalue weighted by Crippen LogP contribution is 2.26. The van der Waals surface area contributed by atoms with Crippen LogP contribution >= 0.6 is 0 Å². The van der Waals surface area contributed by atoms with Crippen LogP contribution in [0.1, 0.15) is 5.56 Å². The first kappa shape index (κ1) is 16.7. The van der Waals surface area contributed by atoms with E-state index in [-0.39, 0.29) is 16.8 Å². The Hall–Kier alpha value is -3.66. The van der Waals surface area contributed by atoms with Crippen molar-refractivity contribution in [1.82, 2.24) is 0 Å². The fourth-order valence-electron chi connectivity index (χ4n) is 1.97. The van der Waals surface area contributed by atoms with Crippen molar-refractivity contribution in [2.75, 3.05) is 12.4 Å². The number of nitrogens with one attached hydrogen (secondary N) is 1. The average Bonchev–Trinajstić information content (AvgIpc) is 2.60. The summed E-state index contributed by atoms with van der Waals surface area (Å²) in [6, 6.07) is 14.4. The summed E-state index contributed by atoms with van der Waals surface area (Å²) in [7, 11) is 1.40. The zero-order valence-corrected chi connectivity index (χ0v) is 12.7. The largest absolute Gasteiger partial charge is 0.496 e. The number of benzene rings is 2. The molecule has 2 aromatic carbocycles. The molecule has 0 spiro atoms. The number of carbonyl (C=O) groups excluding carboxylic acids is 1. The second-order valence-electron chi connectivity index (χ2n) is 4.67. The summed E-state index contributed by atoms with van der Waals surface area (Å²) in [4.78, 5) is 22.5. The molecule has 0 aromatic heterocycles. The number of nitro groups is 1. The highest BCUT2D eigenvalue weighted by Gasteiger charge is 2.14. The fraction of sp³-hybridized carbons (Fsp3) is 0.0588. The monoisotopic (exact) mass is 323 g/mol. The number of hydrogen-bond acceptors (Lipinski definition) is 5. The number of anilines is 1. The lowest BCUT2D eigenvalue weighted by Crippen LogP contribution is -2.13. The van der Waals surface area contributed by atoms with Gasteiger partial charge in [0.25, 0.3) is 11.6 Å². The number of nitro benzene ring substituents is 1. The molecule has 0 aliphatic rings. The van der Waals surface area contributed by atoms with Gasteiger partial charge in [0.2, 0.25) is 0 Å². The van der Waals surface area contributed by atoms with Crippen molar-refractivity contribution in [3.05, 3.63) is 69.8 Å². The van der Waals surface area contributed by atoms with Crippen molar-refractivity contribution in [3.8, 4) is 11.8 Å². The first-order chi connectivity index (χ1) is 11.5. The van der Waals surface area contributed by atoms with Crippen LogP contribution in [-0.4, -0.2) is 17.9 Å². The van der Waals surface area contributed by atoms with Gasteiger partial charge in [-0.1, -0.05) is 18.2 Å². The van der Waals surface area contributed by atoms with E-state index in [2.05, 4.69) is 5.32 Å². The van der Waals surface area contributed by atoms with Crippen molar-refractivity contribution in [2.45, 2.75) is 0 Å². The van der Waals surface area contributed by atoms with Crippen molar-refractivity contribution in [2.24, 2.45) is 0 Å². The lowest BCUT2D eigenvalue weighted by atomic mass is 10.1. The van der Waals surface area contributed by atoms with Crippen molar-refractivity contribution >= 4 is 23.4 Å². The number of para-hydroxylation sites is 1. The van der Waals surface area contributed by atoms with Crippen molar-refractivity contribution < 1.29 is 14.5 Å². The van der Waals surface area contributed by atoms with Gasteiger partial charge < -0.3 is 10.1 Å². The maximum Gasteiger partial charge on any atom is 0.270 e. The third-order valence-corrected chi connectivity index (χ3v) is 3.12. The van der Waals surface area contributed by atoms with Gasteiger partial charge in [-0.15, -0.1) is 0 Å². The van der Waals surface area contributed by atoms with Crippen LogP contribution in [0, 0.1) is 21.4 Å². The second kappa shape index (κ2) is 7.56. The Morgan fingerprint density at radius 2 is 2.00 bits per heavy atom. The molecule has 0 atom stereocenters. The lowest BCUT2D eigenvalue weighted by molar-refractivity contribution is -0.384. The Balaban J connectivity index is 2.36. The number of nitrogens with zero attached hydrogens (tertiary/aromatic N) is 2. The predicted octanol–water partition coefficient (Wildman–Crippen LogP) is 3.15. The Labute approximate surface area is 137 Å². The number of methoxy groups -OCH3 is 1. The van der Waals surface area contributed by atoms with Crippen molar-refractivity contribution in [1.29, 1.82) is 5.26 Å². The molecule has 0 aliphatic heterocycles. The van der Waals surface area contributed by atoms with Gasteiger partial charge in [-0.3, -0.25) is 14.9 Å². The van der Waals surface area contributed by atoms with Gasteiger partial charge in [0, 0.05) is 23.4 Å². The zero-order valence-electron chi connectivity index (χ0n) is 12.7. The van der Waals surface area contributed by atoms with Crippen LogP contribution in [0.25, 0.3) is 6.08 Å². The number of ether oxygens (including phenoxy) is 1. The number of amides is 1. The van der Waals surface area contributed by atoms with E-state index in [1.807, 2.05) is 0 Å². The lowest BCUT2D eigenvalue weighted by Gasteiger charge is -2.06. The van der Waals surface area contributed by atoms with Crippen LogP contribution in [0.2, 0.25) is 0 Å². The average molecular weight is 323 g/mol. The molecule has 120 valence electrons. The SMILES string of the molecule is COc1ccc([N+](=O)[O-])cc1/C=C(\C#N)C(=O)Nc1ccccc1. The van der Waals surface area contributed by atoms with Crippen molar-refractivity contribution in [3.63, 3.8) is 0 Å². The molecule has 7 nitrogen and oxygen atoms in total. The second-order valence-corrected chi connectivity index (χ2v) is 4.67. The summed E-state index contributed by atoms with van der Waals surface area (Å²) in [6.07, 6.45) is 1.25. The Bertz CT molecular complexity index is 839. The molecule has 0 saturated heterocycles. The molecule has 0 radical (unpaired) electrons. The molecule has 0 saturated carbocycles. The number of carbonyl (C=O) groups is 1.